The van der Waals surface area contributed by atoms with Gasteiger partial charge in [-0.25, -0.2) is 4.68 Å². The molecule has 0 spiro atoms. The lowest BCUT2D eigenvalue weighted by atomic mass is 9.75. The molecule has 2 heterocycles. The molecule has 1 aliphatic carbocycles. The summed E-state index contributed by atoms with van der Waals surface area (Å²) in [7, 11) is 2.53. The fourth-order valence-electron chi connectivity index (χ4n) is 5.84. The number of fused-ring (bicyclic) bond motifs is 2. The maximum absolute atomic E-state index is 6.29. The van der Waals surface area contributed by atoms with E-state index in [1.807, 2.05) is 13.1 Å². The number of nitrogens with one attached hydrogen (secondary N) is 1. The molecule has 2 aromatic carbocycles. The molecule has 9 heteroatoms. The molecule has 0 amide bonds. The molecule has 0 saturated carbocycles. The molecule has 0 bridgehead atoms. The van der Waals surface area contributed by atoms with Crippen LogP contribution in [0.5, 0.6) is 0 Å². The molecule has 3 radical (unpaired) electrons. The molecule has 229 valence electrons. The fraction of sp³-hybridized carbons (Fsp3) is 0.500. The van der Waals surface area contributed by atoms with Crippen LogP contribution in [-0.2, 0) is 47.1 Å². The highest BCUT2D eigenvalue weighted by Gasteiger charge is 2.35. The zero-order valence-corrected chi connectivity index (χ0v) is 28.5. The highest BCUT2D eigenvalue weighted by Crippen LogP contribution is 2.41. The lowest BCUT2D eigenvalue weighted by Gasteiger charge is -2.34. The molecule has 4 aromatic rings. The van der Waals surface area contributed by atoms with Crippen LogP contribution >= 0.6 is 0 Å². The average molecular weight is 616 g/mol. The van der Waals surface area contributed by atoms with Crippen LogP contribution in [-0.4, -0.2) is 59.5 Å². The van der Waals surface area contributed by atoms with Crippen molar-refractivity contribution in [3.63, 3.8) is 0 Å². The Bertz CT molecular complexity index is 1470. The van der Waals surface area contributed by atoms with Crippen LogP contribution in [0, 0.1) is 5.41 Å². The van der Waals surface area contributed by atoms with E-state index in [9.17, 15) is 0 Å². The first-order valence-electron chi connectivity index (χ1n) is 15.5. The highest BCUT2D eigenvalue weighted by molar-refractivity contribution is 6.55. The molecule has 1 atom stereocenters. The van der Waals surface area contributed by atoms with E-state index in [0.29, 0.717) is 20.1 Å². The lowest BCUT2D eigenvalue weighted by Crippen LogP contribution is -2.32. The summed E-state index contributed by atoms with van der Waals surface area (Å²) in [5.74, 6) is 0. The Morgan fingerprint density at radius 3 is 2.60 bits per heavy atom. The predicted octanol–water partition coefficient (Wildman–Crippen LogP) is 7.13. The molecular weight excluding hydrogens is 569 g/mol. The van der Waals surface area contributed by atoms with Gasteiger partial charge in [0.1, 0.15) is 19.2 Å². The van der Waals surface area contributed by atoms with Gasteiger partial charge < -0.3 is 24.1 Å². The minimum absolute atomic E-state index is 0.0400. The van der Waals surface area contributed by atoms with E-state index < -0.39 is 0 Å². The molecule has 7 nitrogen and oxygen atoms in total. The van der Waals surface area contributed by atoms with Gasteiger partial charge >= 0.3 is 0 Å². The molecule has 1 aliphatic rings. The number of anilines is 1. The normalized spacial score (nSPS) is 16.7. The van der Waals surface area contributed by atoms with Gasteiger partial charge in [0.15, 0.2) is 0 Å². The van der Waals surface area contributed by atoms with E-state index in [4.69, 9.17) is 19.3 Å². The standard InChI is InChI=1S/C34H47N4O3Si2/c1-34(23-41-22-26-9-7-6-8-10-26)14-13-29-32(21-34)38(25-40-16-18-43(4)5)36-33(29)31-19-27-11-12-28(35-2)20-30(27)37(31)24-39-15-17-42-3/h6-12,19-20,35H,13-18,21-25H2,1-5H3. The van der Waals surface area contributed by atoms with E-state index in [2.05, 4.69) is 89.7 Å². The van der Waals surface area contributed by atoms with Crippen molar-refractivity contribution >= 4 is 34.9 Å². The fourth-order valence-corrected chi connectivity index (χ4v) is 6.74. The van der Waals surface area contributed by atoms with Crippen molar-refractivity contribution in [1.82, 2.24) is 14.3 Å². The lowest BCUT2D eigenvalue weighted by molar-refractivity contribution is 0.0305. The van der Waals surface area contributed by atoms with E-state index >= 15 is 0 Å². The Labute approximate surface area is 261 Å². The van der Waals surface area contributed by atoms with Gasteiger partial charge in [-0.15, -0.1) is 0 Å². The van der Waals surface area contributed by atoms with Crippen molar-refractivity contribution in [2.75, 3.05) is 32.2 Å². The van der Waals surface area contributed by atoms with Crippen molar-refractivity contribution in [1.29, 1.82) is 0 Å². The van der Waals surface area contributed by atoms with Gasteiger partial charge in [0, 0.05) is 60.9 Å². The van der Waals surface area contributed by atoms with Crippen LogP contribution in [0.25, 0.3) is 22.3 Å². The largest absolute Gasteiger partial charge is 0.388 e. The minimum Gasteiger partial charge on any atom is -0.388 e. The number of ether oxygens (including phenoxy) is 3. The topological polar surface area (TPSA) is 62.5 Å². The Morgan fingerprint density at radius 2 is 1.84 bits per heavy atom. The van der Waals surface area contributed by atoms with Crippen LogP contribution in [0.3, 0.4) is 0 Å². The van der Waals surface area contributed by atoms with Crippen molar-refractivity contribution in [3.8, 4) is 11.4 Å². The molecule has 43 heavy (non-hydrogen) atoms. The average Bonchev–Trinajstić information content (AvgIpc) is 3.54. The van der Waals surface area contributed by atoms with Crippen molar-refractivity contribution in [3.05, 3.63) is 71.4 Å². The second-order valence-corrected chi connectivity index (χ2v) is 16.5. The summed E-state index contributed by atoms with van der Waals surface area (Å²) in [5.41, 5.74) is 8.31. The predicted molar refractivity (Wildman–Crippen MR) is 180 cm³/mol. The summed E-state index contributed by atoms with van der Waals surface area (Å²) in [6.45, 7) is 13.2. The van der Waals surface area contributed by atoms with Crippen LogP contribution < -0.4 is 5.32 Å². The summed E-state index contributed by atoms with van der Waals surface area (Å²) in [6.07, 6.45) is 2.94. The number of aromatic nitrogens is 3. The minimum atomic E-state index is -0.326. The van der Waals surface area contributed by atoms with Crippen molar-refractivity contribution in [2.45, 2.75) is 78.0 Å². The van der Waals surface area contributed by atoms with Crippen LogP contribution in [0.4, 0.5) is 5.69 Å². The van der Waals surface area contributed by atoms with Gasteiger partial charge in [0.05, 0.1) is 24.4 Å². The highest BCUT2D eigenvalue weighted by atomic mass is 28.3. The van der Waals surface area contributed by atoms with Gasteiger partial charge in [-0.2, -0.15) is 5.10 Å². The second kappa shape index (κ2) is 14.9. The SMILES string of the molecule is CNc1ccc2cc(-c3nn(COCC[Si](C)C)c4c3CCC(C)(COCc3ccccc3)C4)n(COCC[Si]C)c2c1. The number of rotatable bonds is 16. The van der Waals surface area contributed by atoms with Gasteiger partial charge in [0.25, 0.3) is 0 Å². The maximum atomic E-state index is 6.29. The third kappa shape index (κ3) is 7.88. The zero-order chi connectivity index (χ0) is 30.2. The van der Waals surface area contributed by atoms with Crippen molar-refractivity contribution in [2.24, 2.45) is 5.41 Å². The summed E-state index contributed by atoms with van der Waals surface area (Å²) in [4.78, 5) is 0. The molecule has 5 rings (SSSR count). The Morgan fingerprint density at radius 1 is 1.02 bits per heavy atom. The maximum Gasteiger partial charge on any atom is 0.139 e. The first kappa shape index (κ1) is 31.7. The Kier molecular flexibility index (Phi) is 11.0. The van der Waals surface area contributed by atoms with Gasteiger partial charge in [-0.1, -0.05) is 63.0 Å². The van der Waals surface area contributed by atoms with E-state index in [1.165, 1.54) is 22.2 Å². The van der Waals surface area contributed by atoms with E-state index in [1.54, 1.807) is 0 Å². The smallest absolute Gasteiger partial charge is 0.139 e. The monoisotopic (exact) mass is 615 g/mol. The Hall–Kier alpha value is -2.70. The molecule has 1 unspecified atom stereocenters. The van der Waals surface area contributed by atoms with E-state index in [-0.39, 0.29) is 14.2 Å². The molecule has 0 aliphatic heterocycles. The summed E-state index contributed by atoms with van der Waals surface area (Å²) < 4.78 is 23.2. The summed E-state index contributed by atoms with van der Waals surface area (Å²) >= 11 is 0. The molecular formula is C34H47N4O3Si2. The van der Waals surface area contributed by atoms with Crippen molar-refractivity contribution < 1.29 is 14.2 Å². The number of benzene rings is 2. The van der Waals surface area contributed by atoms with Crippen LogP contribution in [0.2, 0.25) is 31.7 Å². The summed E-state index contributed by atoms with van der Waals surface area (Å²) in [5, 5.41) is 9.78. The number of hydrogen-bond donors (Lipinski definition) is 1. The molecule has 0 fully saturated rings. The van der Waals surface area contributed by atoms with Crippen LogP contribution in [0.1, 0.15) is 30.2 Å². The second-order valence-electron chi connectivity index (χ2n) is 12.4. The first-order valence-corrected chi connectivity index (χ1v) is 19.9. The number of nitrogens with zero attached hydrogens (tertiary/aromatic N) is 3. The number of hydrogen-bond acceptors (Lipinski definition) is 5. The van der Waals surface area contributed by atoms with E-state index in [0.717, 1.165) is 83.3 Å². The quantitative estimate of drug-likeness (QED) is 0.107. The molecule has 2 aromatic heterocycles. The third-order valence-electron chi connectivity index (χ3n) is 8.41. The first-order chi connectivity index (χ1) is 20.9. The van der Waals surface area contributed by atoms with Gasteiger partial charge in [-0.3, -0.25) is 0 Å². The van der Waals surface area contributed by atoms with Crippen LogP contribution in [0.15, 0.2) is 54.6 Å². The molecule has 0 saturated heterocycles. The molecule has 1 N–H and O–H groups in total. The summed E-state index contributed by atoms with van der Waals surface area (Å²) in [6, 6.07) is 21.5. The zero-order valence-electron chi connectivity index (χ0n) is 26.5. The van der Waals surface area contributed by atoms with Gasteiger partial charge in [-0.05, 0) is 60.5 Å². The van der Waals surface area contributed by atoms with Gasteiger partial charge in [0.2, 0.25) is 0 Å². The Balaban J connectivity index is 1.46. The third-order valence-corrected chi connectivity index (χ3v) is 10.3.